The Labute approximate surface area is 123 Å². The number of thiophene rings is 1. The van der Waals surface area contributed by atoms with E-state index in [1.54, 1.807) is 11.3 Å². The molecule has 2 aromatic rings. The summed E-state index contributed by atoms with van der Waals surface area (Å²) in [6.45, 7) is 1.26. The van der Waals surface area contributed by atoms with Gasteiger partial charge in [0.15, 0.2) is 0 Å². The number of esters is 1. The van der Waals surface area contributed by atoms with E-state index in [4.69, 9.17) is 4.74 Å². The van der Waals surface area contributed by atoms with Crippen molar-refractivity contribution in [3.63, 3.8) is 0 Å². The summed E-state index contributed by atoms with van der Waals surface area (Å²) in [4.78, 5) is 12.8. The third kappa shape index (κ3) is 5.45. The zero-order valence-electron chi connectivity index (χ0n) is 11.4. The Balaban J connectivity index is 1.52. The molecule has 0 spiro atoms. The predicted octanol–water partition coefficient (Wildman–Crippen LogP) is 3.73. The first-order valence-electron chi connectivity index (χ1n) is 6.81. The second-order valence-corrected chi connectivity index (χ2v) is 5.48. The van der Waals surface area contributed by atoms with Crippen molar-refractivity contribution in [1.29, 1.82) is 0 Å². The SMILES string of the molecule is O=C(CCCNc1ccccc1)OCCc1cccs1. The van der Waals surface area contributed by atoms with Crippen LogP contribution in [-0.2, 0) is 16.0 Å². The Bertz CT molecular complexity index is 496. The first-order chi connectivity index (χ1) is 9.84. The van der Waals surface area contributed by atoms with Crippen LogP contribution in [0, 0.1) is 0 Å². The number of ether oxygens (including phenoxy) is 1. The van der Waals surface area contributed by atoms with E-state index in [0.29, 0.717) is 13.0 Å². The molecule has 1 aromatic heterocycles. The molecular weight excluding hydrogens is 270 g/mol. The molecule has 0 aliphatic carbocycles. The largest absolute Gasteiger partial charge is 0.465 e. The van der Waals surface area contributed by atoms with Crippen molar-refractivity contribution in [1.82, 2.24) is 0 Å². The molecule has 106 valence electrons. The molecule has 0 atom stereocenters. The van der Waals surface area contributed by atoms with Crippen LogP contribution in [0.1, 0.15) is 17.7 Å². The zero-order chi connectivity index (χ0) is 14.0. The molecule has 1 heterocycles. The minimum absolute atomic E-state index is 0.114. The Morgan fingerprint density at radius 3 is 2.75 bits per heavy atom. The number of hydrogen-bond acceptors (Lipinski definition) is 4. The van der Waals surface area contributed by atoms with E-state index >= 15 is 0 Å². The number of para-hydroxylation sites is 1. The molecule has 0 amide bonds. The fourth-order valence-electron chi connectivity index (χ4n) is 1.81. The number of anilines is 1. The van der Waals surface area contributed by atoms with E-state index in [1.807, 2.05) is 41.8 Å². The van der Waals surface area contributed by atoms with Gasteiger partial charge in [-0.25, -0.2) is 0 Å². The van der Waals surface area contributed by atoms with Crippen LogP contribution < -0.4 is 5.32 Å². The van der Waals surface area contributed by atoms with Crippen molar-refractivity contribution < 1.29 is 9.53 Å². The molecule has 0 aliphatic rings. The Hall–Kier alpha value is -1.81. The number of hydrogen-bond donors (Lipinski definition) is 1. The molecule has 0 unspecified atom stereocenters. The number of carbonyl (C=O) groups is 1. The van der Waals surface area contributed by atoms with Crippen molar-refractivity contribution in [2.24, 2.45) is 0 Å². The van der Waals surface area contributed by atoms with Gasteiger partial charge in [-0.2, -0.15) is 0 Å². The van der Waals surface area contributed by atoms with Crippen molar-refractivity contribution in [3.8, 4) is 0 Å². The van der Waals surface area contributed by atoms with Gasteiger partial charge in [0.2, 0.25) is 0 Å². The van der Waals surface area contributed by atoms with Crippen molar-refractivity contribution in [2.75, 3.05) is 18.5 Å². The van der Waals surface area contributed by atoms with E-state index in [-0.39, 0.29) is 5.97 Å². The molecule has 3 nitrogen and oxygen atoms in total. The molecule has 0 saturated heterocycles. The molecule has 1 N–H and O–H groups in total. The highest BCUT2D eigenvalue weighted by Crippen LogP contribution is 2.09. The van der Waals surface area contributed by atoms with Gasteiger partial charge in [0.25, 0.3) is 0 Å². The normalized spacial score (nSPS) is 10.2. The van der Waals surface area contributed by atoms with E-state index in [2.05, 4.69) is 11.4 Å². The molecule has 1 aromatic carbocycles. The molecule has 2 rings (SSSR count). The molecular formula is C16H19NO2S. The van der Waals surface area contributed by atoms with Crippen LogP contribution in [0.5, 0.6) is 0 Å². The molecule has 4 heteroatoms. The zero-order valence-corrected chi connectivity index (χ0v) is 12.2. The summed E-state index contributed by atoms with van der Waals surface area (Å²) in [5, 5.41) is 5.31. The van der Waals surface area contributed by atoms with Gasteiger partial charge in [0.05, 0.1) is 6.61 Å². The minimum atomic E-state index is -0.114. The van der Waals surface area contributed by atoms with E-state index in [0.717, 1.165) is 25.1 Å². The molecule has 0 aliphatic heterocycles. The van der Waals surface area contributed by atoms with Gasteiger partial charge in [0.1, 0.15) is 0 Å². The maximum absolute atomic E-state index is 11.5. The quantitative estimate of drug-likeness (QED) is 0.594. The van der Waals surface area contributed by atoms with E-state index < -0.39 is 0 Å². The Morgan fingerprint density at radius 1 is 1.15 bits per heavy atom. The second-order valence-electron chi connectivity index (χ2n) is 4.45. The van der Waals surface area contributed by atoms with Crippen LogP contribution in [0.4, 0.5) is 5.69 Å². The average molecular weight is 289 g/mol. The molecule has 0 bridgehead atoms. The van der Waals surface area contributed by atoms with Gasteiger partial charge >= 0.3 is 5.97 Å². The first-order valence-corrected chi connectivity index (χ1v) is 7.69. The predicted molar refractivity (Wildman–Crippen MR) is 83.1 cm³/mol. The highest BCUT2D eigenvalue weighted by atomic mass is 32.1. The van der Waals surface area contributed by atoms with Gasteiger partial charge in [-0.05, 0) is 30.0 Å². The highest BCUT2D eigenvalue weighted by molar-refractivity contribution is 7.09. The lowest BCUT2D eigenvalue weighted by atomic mass is 10.3. The van der Waals surface area contributed by atoms with Crippen molar-refractivity contribution >= 4 is 23.0 Å². The monoisotopic (exact) mass is 289 g/mol. The standard InChI is InChI=1S/C16H19NO2S/c18-16(19-12-10-15-8-5-13-20-15)9-4-11-17-14-6-2-1-3-7-14/h1-3,5-8,13,17H,4,9-12H2. The number of nitrogens with one attached hydrogen (secondary N) is 1. The van der Waals surface area contributed by atoms with Crippen LogP contribution in [0.3, 0.4) is 0 Å². The number of benzene rings is 1. The lowest BCUT2D eigenvalue weighted by molar-refractivity contribution is -0.143. The third-order valence-corrected chi connectivity index (χ3v) is 3.79. The van der Waals surface area contributed by atoms with E-state index in [9.17, 15) is 4.79 Å². The van der Waals surface area contributed by atoms with Crippen LogP contribution >= 0.6 is 11.3 Å². The summed E-state index contributed by atoms with van der Waals surface area (Å²) in [6.07, 6.45) is 2.06. The Morgan fingerprint density at radius 2 is 2.00 bits per heavy atom. The third-order valence-electron chi connectivity index (χ3n) is 2.85. The number of carbonyl (C=O) groups excluding carboxylic acids is 1. The fraction of sp³-hybridized carbons (Fsp3) is 0.312. The molecule has 20 heavy (non-hydrogen) atoms. The number of rotatable bonds is 8. The van der Waals surface area contributed by atoms with E-state index in [1.165, 1.54) is 4.88 Å². The topological polar surface area (TPSA) is 38.3 Å². The van der Waals surface area contributed by atoms with Crippen molar-refractivity contribution in [3.05, 3.63) is 52.7 Å². The van der Waals surface area contributed by atoms with Crippen molar-refractivity contribution in [2.45, 2.75) is 19.3 Å². The summed E-state index contributed by atoms with van der Waals surface area (Å²) in [5.41, 5.74) is 1.08. The van der Waals surface area contributed by atoms with Gasteiger partial charge in [-0.1, -0.05) is 24.3 Å². The summed E-state index contributed by atoms with van der Waals surface area (Å²) < 4.78 is 5.21. The molecule has 0 saturated carbocycles. The maximum Gasteiger partial charge on any atom is 0.305 e. The van der Waals surface area contributed by atoms with Crippen LogP contribution in [-0.4, -0.2) is 19.1 Å². The first kappa shape index (κ1) is 14.6. The minimum Gasteiger partial charge on any atom is -0.465 e. The van der Waals surface area contributed by atoms with Crippen LogP contribution in [0.25, 0.3) is 0 Å². The van der Waals surface area contributed by atoms with Gasteiger partial charge in [-0.15, -0.1) is 11.3 Å². The van der Waals surface area contributed by atoms with Crippen LogP contribution in [0.15, 0.2) is 47.8 Å². The second kappa shape index (κ2) is 8.38. The smallest absolute Gasteiger partial charge is 0.305 e. The van der Waals surface area contributed by atoms with Gasteiger partial charge in [0, 0.05) is 30.0 Å². The van der Waals surface area contributed by atoms with Gasteiger partial charge in [-0.3, -0.25) is 4.79 Å². The lowest BCUT2D eigenvalue weighted by Gasteiger charge is -2.06. The average Bonchev–Trinajstić information content (AvgIpc) is 2.98. The lowest BCUT2D eigenvalue weighted by Crippen LogP contribution is -2.10. The van der Waals surface area contributed by atoms with Crippen LogP contribution in [0.2, 0.25) is 0 Å². The molecule has 0 radical (unpaired) electrons. The molecule has 0 fully saturated rings. The summed E-state index contributed by atoms with van der Waals surface area (Å²) >= 11 is 1.69. The summed E-state index contributed by atoms with van der Waals surface area (Å²) in [6, 6.07) is 14.1. The van der Waals surface area contributed by atoms with Gasteiger partial charge < -0.3 is 10.1 Å². The summed E-state index contributed by atoms with van der Waals surface area (Å²) in [5.74, 6) is -0.114. The fourth-order valence-corrected chi connectivity index (χ4v) is 2.50. The summed E-state index contributed by atoms with van der Waals surface area (Å²) in [7, 11) is 0. The highest BCUT2D eigenvalue weighted by Gasteiger charge is 2.03. The maximum atomic E-state index is 11.5. The Kier molecular flexibility index (Phi) is 6.11.